The highest BCUT2D eigenvalue weighted by atomic mass is 16.6. The summed E-state index contributed by atoms with van der Waals surface area (Å²) in [7, 11) is 0. The Morgan fingerprint density at radius 3 is 2.95 bits per heavy atom. The second-order valence-electron chi connectivity index (χ2n) is 5.44. The minimum atomic E-state index is -0.427. The molecule has 1 aliphatic heterocycles. The number of aliphatic hydroxyl groups excluding tert-OH is 1. The van der Waals surface area contributed by atoms with Crippen LogP contribution >= 0.6 is 0 Å². The van der Waals surface area contributed by atoms with Gasteiger partial charge in [-0.3, -0.25) is 10.1 Å². The molecule has 0 spiro atoms. The summed E-state index contributed by atoms with van der Waals surface area (Å²) in [4.78, 5) is 20.9. The SMILES string of the molecule is CC1CCN(c2ncnc3ccc([N+](=O)[O-])cc23)CC1O. The van der Waals surface area contributed by atoms with Crippen LogP contribution in [0, 0.1) is 16.0 Å². The van der Waals surface area contributed by atoms with Crippen LogP contribution in [0.2, 0.25) is 0 Å². The standard InChI is InChI=1S/C14H16N4O3/c1-9-4-5-17(7-13(9)19)14-11-6-10(18(20)21)2-3-12(11)15-8-16-14/h2-3,6,8-9,13,19H,4-5,7H2,1H3. The Morgan fingerprint density at radius 1 is 1.43 bits per heavy atom. The van der Waals surface area contributed by atoms with Crippen LogP contribution in [-0.2, 0) is 0 Å². The highest BCUT2D eigenvalue weighted by Crippen LogP contribution is 2.29. The van der Waals surface area contributed by atoms with Gasteiger partial charge in [0.1, 0.15) is 12.1 Å². The molecule has 2 atom stereocenters. The topological polar surface area (TPSA) is 92.4 Å². The number of rotatable bonds is 2. The highest BCUT2D eigenvalue weighted by Gasteiger charge is 2.26. The van der Waals surface area contributed by atoms with Gasteiger partial charge >= 0.3 is 0 Å². The van der Waals surface area contributed by atoms with Crippen molar-refractivity contribution in [2.45, 2.75) is 19.4 Å². The molecule has 0 amide bonds. The summed E-state index contributed by atoms with van der Waals surface area (Å²) in [5, 5.41) is 21.6. The lowest BCUT2D eigenvalue weighted by atomic mass is 9.96. The number of non-ortho nitro benzene ring substituents is 1. The first-order chi connectivity index (χ1) is 10.1. The zero-order valence-corrected chi connectivity index (χ0v) is 11.6. The van der Waals surface area contributed by atoms with Crippen LogP contribution in [-0.4, -0.2) is 39.2 Å². The van der Waals surface area contributed by atoms with E-state index in [1.165, 1.54) is 18.5 Å². The maximum atomic E-state index is 10.9. The Bertz CT molecular complexity index is 691. The molecule has 1 fully saturated rings. The molecule has 7 heteroatoms. The lowest BCUT2D eigenvalue weighted by molar-refractivity contribution is -0.384. The second kappa shape index (κ2) is 5.25. The molecule has 1 saturated heterocycles. The first-order valence-electron chi connectivity index (χ1n) is 6.88. The minimum Gasteiger partial charge on any atom is -0.391 e. The molecule has 2 heterocycles. The molecule has 0 bridgehead atoms. The molecule has 21 heavy (non-hydrogen) atoms. The number of benzene rings is 1. The van der Waals surface area contributed by atoms with E-state index in [1.807, 2.05) is 11.8 Å². The summed E-state index contributed by atoms with van der Waals surface area (Å²) in [6, 6.07) is 4.56. The maximum absolute atomic E-state index is 10.9. The van der Waals surface area contributed by atoms with Crippen LogP contribution in [0.4, 0.5) is 11.5 Å². The van der Waals surface area contributed by atoms with Gasteiger partial charge in [0.05, 0.1) is 16.5 Å². The zero-order chi connectivity index (χ0) is 15.0. The van der Waals surface area contributed by atoms with Crippen molar-refractivity contribution < 1.29 is 10.0 Å². The molecule has 2 unspecified atom stereocenters. The van der Waals surface area contributed by atoms with Gasteiger partial charge in [-0.1, -0.05) is 6.92 Å². The van der Waals surface area contributed by atoms with Crippen LogP contribution in [0.25, 0.3) is 10.9 Å². The molecule has 0 aliphatic carbocycles. The fraction of sp³-hybridized carbons (Fsp3) is 0.429. The Balaban J connectivity index is 2.05. The van der Waals surface area contributed by atoms with Crippen molar-refractivity contribution in [3.63, 3.8) is 0 Å². The Morgan fingerprint density at radius 2 is 2.24 bits per heavy atom. The van der Waals surface area contributed by atoms with Crippen molar-refractivity contribution in [1.29, 1.82) is 0 Å². The third-order valence-electron chi connectivity index (χ3n) is 4.03. The Hall–Kier alpha value is -2.28. The number of β-amino-alcohol motifs (C(OH)–C–C–N with tert-alkyl or cyclic N) is 1. The van der Waals surface area contributed by atoms with Crippen molar-refractivity contribution in [2.24, 2.45) is 5.92 Å². The number of aromatic nitrogens is 2. The molecule has 3 rings (SSSR count). The molecule has 1 aliphatic rings. The molecule has 0 radical (unpaired) electrons. The number of nitro benzene ring substituents is 1. The first-order valence-corrected chi connectivity index (χ1v) is 6.88. The van der Waals surface area contributed by atoms with E-state index < -0.39 is 11.0 Å². The van der Waals surface area contributed by atoms with Crippen LogP contribution in [0.15, 0.2) is 24.5 Å². The van der Waals surface area contributed by atoms with Crippen molar-refractivity contribution in [3.8, 4) is 0 Å². The summed E-state index contributed by atoms with van der Waals surface area (Å²) in [6.45, 7) is 3.27. The molecule has 2 aromatic rings. The van der Waals surface area contributed by atoms with E-state index in [9.17, 15) is 15.2 Å². The van der Waals surface area contributed by atoms with Crippen LogP contribution in [0.1, 0.15) is 13.3 Å². The average molecular weight is 288 g/mol. The molecule has 1 N–H and O–H groups in total. The molecule has 110 valence electrons. The monoisotopic (exact) mass is 288 g/mol. The summed E-state index contributed by atoms with van der Waals surface area (Å²) >= 11 is 0. The third-order valence-corrected chi connectivity index (χ3v) is 4.03. The quantitative estimate of drug-likeness (QED) is 0.668. The Kier molecular flexibility index (Phi) is 3.42. The lowest BCUT2D eigenvalue weighted by Gasteiger charge is -2.35. The van der Waals surface area contributed by atoms with Crippen LogP contribution < -0.4 is 4.90 Å². The van der Waals surface area contributed by atoms with Gasteiger partial charge in [-0.25, -0.2) is 9.97 Å². The van der Waals surface area contributed by atoms with Gasteiger partial charge < -0.3 is 10.0 Å². The van der Waals surface area contributed by atoms with Crippen molar-refractivity contribution >= 4 is 22.4 Å². The number of hydrogen-bond donors (Lipinski definition) is 1. The average Bonchev–Trinajstić information content (AvgIpc) is 2.49. The van der Waals surface area contributed by atoms with Gasteiger partial charge in [0.15, 0.2) is 0 Å². The summed E-state index contributed by atoms with van der Waals surface area (Å²) < 4.78 is 0. The van der Waals surface area contributed by atoms with Crippen LogP contribution in [0.3, 0.4) is 0 Å². The van der Waals surface area contributed by atoms with Crippen molar-refractivity contribution in [1.82, 2.24) is 9.97 Å². The van der Waals surface area contributed by atoms with Crippen molar-refractivity contribution in [3.05, 3.63) is 34.6 Å². The molecule has 1 aromatic carbocycles. The fourth-order valence-electron chi connectivity index (χ4n) is 2.64. The normalized spacial score (nSPS) is 22.5. The fourth-order valence-corrected chi connectivity index (χ4v) is 2.64. The van der Waals surface area contributed by atoms with E-state index in [-0.39, 0.29) is 11.6 Å². The highest BCUT2D eigenvalue weighted by molar-refractivity contribution is 5.91. The number of fused-ring (bicyclic) bond motifs is 1. The predicted octanol–water partition coefficient (Wildman–Crippen LogP) is 1.75. The van der Waals surface area contributed by atoms with Crippen LogP contribution in [0.5, 0.6) is 0 Å². The van der Waals surface area contributed by atoms with E-state index in [0.29, 0.717) is 23.3 Å². The van der Waals surface area contributed by atoms with E-state index in [0.717, 1.165) is 13.0 Å². The second-order valence-corrected chi connectivity index (χ2v) is 5.44. The molecular weight excluding hydrogens is 272 g/mol. The number of nitro groups is 1. The first kappa shape index (κ1) is 13.7. The van der Waals surface area contributed by atoms with Gasteiger partial charge in [-0.15, -0.1) is 0 Å². The zero-order valence-electron chi connectivity index (χ0n) is 11.6. The molecule has 0 saturated carbocycles. The predicted molar refractivity (Wildman–Crippen MR) is 78.2 cm³/mol. The summed E-state index contributed by atoms with van der Waals surface area (Å²) in [6.07, 6.45) is 1.90. The Labute approximate surface area is 121 Å². The van der Waals surface area contributed by atoms with Gasteiger partial charge in [0, 0.05) is 30.6 Å². The number of anilines is 1. The minimum absolute atomic E-state index is 0.0180. The van der Waals surface area contributed by atoms with Gasteiger partial charge in [-0.2, -0.15) is 0 Å². The van der Waals surface area contributed by atoms with Gasteiger partial charge in [0.2, 0.25) is 0 Å². The van der Waals surface area contributed by atoms with Gasteiger partial charge in [-0.05, 0) is 18.4 Å². The third kappa shape index (κ3) is 2.52. The van der Waals surface area contributed by atoms with E-state index in [1.54, 1.807) is 6.07 Å². The smallest absolute Gasteiger partial charge is 0.270 e. The van der Waals surface area contributed by atoms with Gasteiger partial charge in [0.25, 0.3) is 5.69 Å². The van der Waals surface area contributed by atoms with E-state index >= 15 is 0 Å². The number of piperidine rings is 1. The summed E-state index contributed by atoms with van der Waals surface area (Å²) in [5.41, 5.74) is 0.684. The molecular formula is C14H16N4O3. The summed E-state index contributed by atoms with van der Waals surface area (Å²) in [5.74, 6) is 0.901. The molecule has 7 nitrogen and oxygen atoms in total. The van der Waals surface area contributed by atoms with E-state index in [2.05, 4.69) is 9.97 Å². The number of aliphatic hydroxyl groups is 1. The molecule has 1 aromatic heterocycles. The number of nitrogens with zero attached hydrogens (tertiary/aromatic N) is 4. The van der Waals surface area contributed by atoms with E-state index in [4.69, 9.17) is 0 Å². The maximum Gasteiger partial charge on any atom is 0.270 e. The number of hydrogen-bond acceptors (Lipinski definition) is 6. The lowest BCUT2D eigenvalue weighted by Crippen LogP contribution is -2.43. The van der Waals surface area contributed by atoms with Crippen molar-refractivity contribution in [2.75, 3.05) is 18.0 Å². The largest absolute Gasteiger partial charge is 0.391 e.